The molecule has 0 aliphatic heterocycles. The van der Waals surface area contributed by atoms with E-state index in [0.717, 1.165) is 24.4 Å². The van der Waals surface area contributed by atoms with Gasteiger partial charge in [-0.3, -0.25) is 4.79 Å². The maximum Gasteiger partial charge on any atom is 0.374 e. The Morgan fingerprint density at radius 2 is 2.00 bits per heavy atom. The Balaban J connectivity index is 1.64. The van der Waals surface area contributed by atoms with Gasteiger partial charge in [-0.2, -0.15) is 0 Å². The Kier molecular flexibility index (Phi) is 5.42. The van der Waals surface area contributed by atoms with Crippen molar-refractivity contribution in [2.24, 2.45) is 0 Å². The Labute approximate surface area is 156 Å². The van der Waals surface area contributed by atoms with Crippen LogP contribution in [0.5, 0.6) is 0 Å². The molecule has 3 aromatic rings. The molecule has 5 nitrogen and oxygen atoms in total. The number of rotatable bonds is 7. The van der Waals surface area contributed by atoms with Crippen LogP contribution in [0.3, 0.4) is 0 Å². The fraction of sp³-hybridized carbons (Fsp3) is 0.300. The molecule has 0 fully saturated rings. The number of esters is 1. The second-order valence-corrected chi connectivity index (χ2v) is 7.21. The highest BCUT2D eigenvalue weighted by Crippen LogP contribution is 2.18. The predicted octanol–water partition coefficient (Wildman–Crippen LogP) is 4.35. The molecule has 3 rings (SSSR count). The van der Waals surface area contributed by atoms with Gasteiger partial charge in [0.25, 0.3) is 0 Å². The standard InChI is InChI=1S/C20H21NO4S/c1-13-11-17(15(3)21(13)9-8-16-5-4-10-26-16)18(22)12-24-20(23)19-7-6-14(2)25-19/h4-7,10-11H,8-9,12H2,1-3H3. The van der Waals surface area contributed by atoms with Crippen LogP contribution in [0.15, 0.2) is 40.1 Å². The van der Waals surface area contributed by atoms with Crippen LogP contribution in [0.25, 0.3) is 0 Å². The second kappa shape index (κ2) is 7.74. The maximum absolute atomic E-state index is 12.5. The van der Waals surface area contributed by atoms with Crippen LogP contribution in [0, 0.1) is 20.8 Å². The summed E-state index contributed by atoms with van der Waals surface area (Å²) in [6.45, 7) is 6.17. The van der Waals surface area contributed by atoms with Crippen LogP contribution < -0.4 is 0 Å². The third kappa shape index (κ3) is 3.96. The van der Waals surface area contributed by atoms with E-state index in [1.165, 1.54) is 4.88 Å². The third-order valence-electron chi connectivity index (χ3n) is 4.31. The van der Waals surface area contributed by atoms with Crippen LogP contribution in [-0.2, 0) is 17.7 Å². The molecule has 0 saturated heterocycles. The Morgan fingerprint density at radius 1 is 1.19 bits per heavy atom. The van der Waals surface area contributed by atoms with Crippen molar-refractivity contribution in [1.29, 1.82) is 0 Å². The zero-order valence-corrected chi connectivity index (χ0v) is 15.9. The van der Waals surface area contributed by atoms with E-state index in [9.17, 15) is 9.59 Å². The number of Topliss-reactive ketones (excluding diaryl/α,β-unsaturated/α-hetero) is 1. The molecular formula is C20H21NO4S. The van der Waals surface area contributed by atoms with Gasteiger partial charge in [-0.05, 0) is 56.8 Å². The van der Waals surface area contributed by atoms with E-state index in [4.69, 9.17) is 9.15 Å². The van der Waals surface area contributed by atoms with Crippen molar-refractivity contribution in [2.75, 3.05) is 6.61 Å². The van der Waals surface area contributed by atoms with Gasteiger partial charge >= 0.3 is 5.97 Å². The summed E-state index contributed by atoms with van der Waals surface area (Å²) in [5.74, 6) is -0.107. The van der Waals surface area contributed by atoms with Gasteiger partial charge in [-0.1, -0.05) is 6.07 Å². The van der Waals surface area contributed by atoms with E-state index in [0.29, 0.717) is 11.3 Å². The zero-order chi connectivity index (χ0) is 18.7. The van der Waals surface area contributed by atoms with E-state index in [1.807, 2.05) is 26.0 Å². The fourth-order valence-corrected chi connectivity index (χ4v) is 3.63. The molecule has 0 N–H and O–H groups in total. The normalized spacial score (nSPS) is 10.9. The first-order valence-electron chi connectivity index (χ1n) is 8.41. The van der Waals surface area contributed by atoms with E-state index in [2.05, 4.69) is 16.0 Å². The first kappa shape index (κ1) is 18.2. The van der Waals surface area contributed by atoms with Gasteiger partial charge in [0.05, 0.1) is 0 Å². The van der Waals surface area contributed by atoms with Crippen LogP contribution in [0.2, 0.25) is 0 Å². The monoisotopic (exact) mass is 371 g/mol. The molecule has 0 bridgehead atoms. The van der Waals surface area contributed by atoms with Gasteiger partial charge < -0.3 is 13.7 Å². The lowest BCUT2D eigenvalue weighted by Crippen LogP contribution is -2.15. The highest BCUT2D eigenvalue weighted by Gasteiger charge is 2.19. The summed E-state index contributed by atoms with van der Waals surface area (Å²) < 4.78 is 12.4. The molecule has 0 saturated carbocycles. The van der Waals surface area contributed by atoms with Crippen LogP contribution in [0.4, 0.5) is 0 Å². The number of ether oxygens (including phenoxy) is 1. The number of aryl methyl sites for hydroxylation is 3. The van der Waals surface area contributed by atoms with Gasteiger partial charge in [0.1, 0.15) is 5.76 Å². The highest BCUT2D eigenvalue weighted by atomic mass is 32.1. The second-order valence-electron chi connectivity index (χ2n) is 6.18. The number of carbonyl (C=O) groups excluding carboxylic acids is 2. The summed E-state index contributed by atoms with van der Waals surface area (Å²) in [6, 6.07) is 9.23. The average molecular weight is 371 g/mol. The molecule has 0 unspecified atom stereocenters. The summed E-state index contributed by atoms with van der Waals surface area (Å²) >= 11 is 1.73. The summed E-state index contributed by atoms with van der Waals surface area (Å²) in [4.78, 5) is 25.7. The lowest BCUT2D eigenvalue weighted by molar-refractivity contribution is 0.0442. The summed E-state index contributed by atoms with van der Waals surface area (Å²) in [5, 5.41) is 2.06. The number of carbonyl (C=O) groups is 2. The van der Waals surface area contributed by atoms with Crippen molar-refractivity contribution in [1.82, 2.24) is 4.57 Å². The quantitative estimate of drug-likeness (QED) is 0.458. The van der Waals surface area contributed by atoms with E-state index in [-0.39, 0.29) is 18.2 Å². The minimum absolute atomic E-state index is 0.108. The molecule has 0 aliphatic carbocycles. The van der Waals surface area contributed by atoms with E-state index < -0.39 is 5.97 Å². The van der Waals surface area contributed by atoms with Crippen molar-refractivity contribution >= 4 is 23.1 Å². The van der Waals surface area contributed by atoms with Crippen molar-refractivity contribution in [3.05, 3.63) is 69.1 Å². The largest absolute Gasteiger partial charge is 0.454 e. The molecule has 26 heavy (non-hydrogen) atoms. The molecule has 3 heterocycles. The van der Waals surface area contributed by atoms with E-state index in [1.54, 1.807) is 30.4 Å². The molecule has 0 radical (unpaired) electrons. The summed E-state index contributed by atoms with van der Waals surface area (Å²) in [6.07, 6.45) is 0.925. The molecular weight excluding hydrogens is 350 g/mol. The number of ketones is 1. The van der Waals surface area contributed by atoms with Gasteiger partial charge in [0.2, 0.25) is 11.5 Å². The Morgan fingerprint density at radius 3 is 2.65 bits per heavy atom. The summed E-state index contributed by atoms with van der Waals surface area (Å²) in [5.41, 5.74) is 2.52. The van der Waals surface area contributed by atoms with Gasteiger partial charge in [0, 0.05) is 28.4 Å². The average Bonchev–Trinajstić information content (AvgIpc) is 3.33. The topological polar surface area (TPSA) is 61.4 Å². The van der Waals surface area contributed by atoms with Crippen molar-refractivity contribution in [3.8, 4) is 0 Å². The van der Waals surface area contributed by atoms with Crippen LogP contribution >= 0.6 is 11.3 Å². The van der Waals surface area contributed by atoms with E-state index >= 15 is 0 Å². The molecule has 6 heteroatoms. The molecule has 0 atom stereocenters. The minimum atomic E-state index is -0.627. The summed E-state index contributed by atoms with van der Waals surface area (Å²) in [7, 11) is 0. The number of nitrogens with zero attached hydrogens (tertiary/aromatic N) is 1. The first-order valence-corrected chi connectivity index (χ1v) is 9.29. The molecule has 0 aromatic carbocycles. The number of hydrogen-bond acceptors (Lipinski definition) is 5. The number of furan rings is 1. The third-order valence-corrected chi connectivity index (χ3v) is 5.25. The number of aromatic nitrogens is 1. The van der Waals surface area contributed by atoms with Gasteiger partial charge in [-0.25, -0.2) is 4.79 Å². The molecule has 0 aliphatic rings. The fourth-order valence-electron chi connectivity index (χ4n) is 2.93. The Hall–Kier alpha value is -2.60. The zero-order valence-electron chi connectivity index (χ0n) is 15.1. The molecule has 136 valence electrons. The van der Waals surface area contributed by atoms with Crippen molar-refractivity contribution in [3.63, 3.8) is 0 Å². The Bertz CT molecular complexity index is 918. The molecule has 0 amide bonds. The SMILES string of the molecule is Cc1ccc(C(=O)OCC(=O)c2cc(C)n(CCc3cccs3)c2C)o1. The lowest BCUT2D eigenvalue weighted by Gasteiger charge is -2.09. The van der Waals surface area contributed by atoms with Crippen molar-refractivity contribution in [2.45, 2.75) is 33.7 Å². The van der Waals surface area contributed by atoms with Gasteiger partial charge in [-0.15, -0.1) is 11.3 Å². The highest BCUT2D eigenvalue weighted by molar-refractivity contribution is 7.09. The molecule has 0 spiro atoms. The number of thiophene rings is 1. The van der Waals surface area contributed by atoms with Gasteiger partial charge in [0.15, 0.2) is 6.61 Å². The van der Waals surface area contributed by atoms with Crippen molar-refractivity contribution < 1.29 is 18.7 Å². The smallest absolute Gasteiger partial charge is 0.374 e. The lowest BCUT2D eigenvalue weighted by atomic mass is 10.1. The van der Waals surface area contributed by atoms with Crippen LogP contribution in [0.1, 0.15) is 42.9 Å². The molecule has 3 aromatic heterocycles. The minimum Gasteiger partial charge on any atom is -0.454 e. The first-order chi connectivity index (χ1) is 12.5. The predicted molar refractivity (Wildman–Crippen MR) is 100.0 cm³/mol. The van der Waals surface area contributed by atoms with Crippen LogP contribution in [-0.4, -0.2) is 22.9 Å². The maximum atomic E-state index is 12.5. The number of hydrogen-bond donors (Lipinski definition) is 0.